The summed E-state index contributed by atoms with van der Waals surface area (Å²) in [6, 6.07) is 11.0. The van der Waals surface area contributed by atoms with E-state index in [-0.39, 0.29) is 0 Å². The van der Waals surface area contributed by atoms with Gasteiger partial charge in [0.25, 0.3) is 0 Å². The van der Waals surface area contributed by atoms with E-state index in [9.17, 15) is 0 Å². The van der Waals surface area contributed by atoms with Crippen LogP contribution in [0.15, 0.2) is 30.3 Å². The summed E-state index contributed by atoms with van der Waals surface area (Å²) >= 11 is 0. The van der Waals surface area contributed by atoms with Gasteiger partial charge in [-0.25, -0.2) is 0 Å². The predicted molar refractivity (Wildman–Crippen MR) is 72.9 cm³/mol. The minimum absolute atomic E-state index is 0.410. The lowest BCUT2D eigenvalue weighted by molar-refractivity contribution is 0.152. The molecule has 1 saturated carbocycles. The van der Waals surface area contributed by atoms with Gasteiger partial charge in [0.1, 0.15) is 11.9 Å². The zero-order valence-electron chi connectivity index (χ0n) is 10.8. The largest absolute Gasteiger partial charge is 0.490 e. The monoisotopic (exact) mass is 246 g/mol. The van der Waals surface area contributed by atoms with Crippen molar-refractivity contribution in [2.75, 3.05) is 26.2 Å². The SMILES string of the molecule is c1ccc(OC2CCC(N3CCNCC3)C2)cc1. The Morgan fingerprint density at radius 2 is 1.83 bits per heavy atom. The van der Waals surface area contributed by atoms with Crippen LogP contribution < -0.4 is 10.1 Å². The number of hydrogen-bond acceptors (Lipinski definition) is 3. The van der Waals surface area contributed by atoms with Gasteiger partial charge < -0.3 is 10.1 Å². The van der Waals surface area contributed by atoms with Crippen LogP contribution in [0.3, 0.4) is 0 Å². The maximum absolute atomic E-state index is 6.05. The first-order chi connectivity index (χ1) is 8.92. The van der Waals surface area contributed by atoms with Crippen LogP contribution in [0.5, 0.6) is 5.75 Å². The highest BCUT2D eigenvalue weighted by molar-refractivity contribution is 5.21. The molecule has 0 spiro atoms. The van der Waals surface area contributed by atoms with Crippen LogP contribution in [0.25, 0.3) is 0 Å². The lowest BCUT2D eigenvalue weighted by Crippen LogP contribution is -2.47. The van der Waals surface area contributed by atoms with Crippen molar-refractivity contribution in [3.05, 3.63) is 30.3 Å². The van der Waals surface area contributed by atoms with Gasteiger partial charge in [-0.05, 0) is 31.4 Å². The maximum Gasteiger partial charge on any atom is 0.119 e. The second-order valence-corrected chi connectivity index (χ2v) is 5.31. The van der Waals surface area contributed by atoms with Crippen LogP contribution in [-0.4, -0.2) is 43.2 Å². The Hall–Kier alpha value is -1.06. The molecule has 2 aliphatic rings. The van der Waals surface area contributed by atoms with E-state index >= 15 is 0 Å². The molecule has 1 N–H and O–H groups in total. The van der Waals surface area contributed by atoms with Crippen LogP contribution in [-0.2, 0) is 0 Å². The van der Waals surface area contributed by atoms with Gasteiger partial charge >= 0.3 is 0 Å². The summed E-state index contributed by atoms with van der Waals surface area (Å²) < 4.78 is 6.05. The second-order valence-electron chi connectivity index (χ2n) is 5.31. The van der Waals surface area contributed by atoms with Crippen molar-refractivity contribution < 1.29 is 4.74 Å². The highest BCUT2D eigenvalue weighted by atomic mass is 16.5. The Bertz CT molecular complexity index is 362. The molecule has 2 fully saturated rings. The fourth-order valence-corrected chi connectivity index (χ4v) is 3.09. The van der Waals surface area contributed by atoms with Crippen molar-refractivity contribution in [3.63, 3.8) is 0 Å². The first kappa shape index (κ1) is 12.0. The van der Waals surface area contributed by atoms with Gasteiger partial charge in [0.15, 0.2) is 0 Å². The molecule has 1 aromatic carbocycles. The van der Waals surface area contributed by atoms with Crippen LogP contribution in [0.1, 0.15) is 19.3 Å². The molecule has 3 nitrogen and oxygen atoms in total. The Morgan fingerprint density at radius 1 is 1.06 bits per heavy atom. The summed E-state index contributed by atoms with van der Waals surface area (Å²) in [4.78, 5) is 2.63. The van der Waals surface area contributed by atoms with Crippen LogP contribution in [0.4, 0.5) is 0 Å². The van der Waals surface area contributed by atoms with Crippen LogP contribution in [0.2, 0.25) is 0 Å². The fourth-order valence-electron chi connectivity index (χ4n) is 3.09. The summed E-state index contributed by atoms with van der Waals surface area (Å²) in [6.45, 7) is 4.67. The Morgan fingerprint density at radius 3 is 2.61 bits per heavy atom. The van der Waals surface area contributed by atoms with E-state index in [0.717, 1.165) is 24.9 Å². The molecule has 3 heteroatoms. The van der Waals surface area contributed by atoms with Gasteiger partial charge in [0.2, 0.25) is 0 Å². The van der Waals surface area contributed by atoms with E-state index < -0.39 is 0 Å². The number of nitrogens with zero attached hydrogens (tertiary/aromatic N) is 1. The summed E-state index contributed by atoms with van der Waals surface area (Å²) in [5.74, 6) is 1.02. The number of ether oxygens (including phenoxy) is 1. The standard InChI is InChI=1S/C15H22N2O/c1-2-4-14(5-3-1)18-15-7-6-13(12-15)17-10-8-16-9-11-17/h1-5,13,15-16H,6-12H2. The summed E-state index contributed by atoms with van der Waals surface area (Å²) in [5.41, 5.74) is 0. The zero-order chi connectivity index (χ0) is 12.2. The number of para-hydroxylation sites is 1. The van der Waals surface area contributed by atoms with Crippen molar-refractivity contribution in [2.45, 2.75) is 31.4 Å². The number of benzene rings is 1. The summed E-state index contributed by atoms with van der Waals surface area (Å²) in [7, 11) is 0. The van der Waals surface area contributed by atoms with Crippen LogP contribution in [0, 0.1) is 0 Å². The Kier molecular flexibility index (Phi) is 3.81. The second kappa shape index (κ2) is 5.72. The quantitative estimate of drug-likeness (QED) is 0.881. The molecule has 18 heavy (non-hydrogen) atoms. The topological polar surface area (TPSA) is 24.5 Å². The molecular formula is C15H22N2O. The molecule has 0 radical (unpaired) electrons. The van der Waals surface area contributed by atoms with E-state index in [0.29, 0.717) is 6.10 Å². The molecule has 0 aromatic heterocycles. The molecule has 1 aliphatic heterocycles. The minimum atomic E-state index is 0.410. The Labute approximate surface area is 109 Å². The molecule has 2 unspecified atom stereocenters. The number of piperazine rings is 1. The van der Waals surface area contributed by atoms with Gasteiger partial charge in [-0.3, -0.25) is 4.90 Å². The summed E-state index contributed by atoms with van der Waals surface area (Å²) in [5, 5.41) is 3.42. The molecule has 1 aromatic rings. The van der Waals surface area contributed by atoms with Gasteiger partial charge in [-0.2, -0.15) is 0 Å². The fraction of sp³-hybridized carbons (Fsp3) is 0.600. The first-order valence-electron chi connectivity index (χ1n) is 7.08. The average Bonchev–Trinajstić information content (AvgIpc) is 2.89. The first-order valence-corrected chi connectivity index (χ1v) is 7.08. The van der Waals surface area contributed by atoms with E-state index in [1.807, 2.05) is 18.2 Å². The van der Waals surface area contributed by atoms with Gasteiger partial charge in [-0.1, -0.05) is 18.2 Å². The lowest BCUT2D eigenvalue weighted by atomic mass is 10.2. The van der Waals surface area contributed by atoms with E-state index in [4.69, 9.17) is 4.74 Å². The van der Waals surface area contributed by atoms with E-state index in [2.05, 4.69) is 22.3 Å². The number of hydrogen-bond donors (Lipinski definition) is 1. The third kappa shape index (κ3) is 2.85. The van der Waals surface area contributed by atoms with Crippen molar-refractivity contribution in [1.29, 1.82) is 0 Å². The van der Waals surface area contributed by atoms with E-state index in [1.165, 1.54) is 32.4 Å². The molecule has 1 heterocycles. The number of rotatable bonds is 3. The minimum Gasteiger partial charge on any atom is -0.490 e. The molecule has 98 valence electrons. The summed E-state index contributed by atoms with van der Waals surface area (Å²) in [6.07, 6.45) is 4.09. The van der Waals surface area contributed by atoms with Crippen molar-refractivity contribution in [2.24, 2.45) is 0 Å². The molecule has 3 rings (SSSR count). The zero-order valence-corrected chi connectivity index (χ0v) is 10.8. The highest BCUT2D eigenvalue weighted by Crippen LogP contribution is 2.28. The highest BCUT2D eigenvalue weighted by Gasteiger charge is 2.30. The van der Waals surface area contributed by atoms with E-state index in [1.54, 1.807) is 0 Å². The molecule has 1 aliphatic carbocycles. The molecule has 0 amide bonds. The lowest BCUT2D eigenvalue weighted by Gasteiger charge is -2.32. The van der Waals surface area contributed by atoms with Gasteiger partial charge in [-0.15, -0.1) is 0 Å². The van der Waals surface area contributed by atoms with Crippen molar-refractivity contribution >= 4 is 0 Å². The molecule has 0 bridgehead atoms. The van der Waals surface area contributed by atoms with Crippen molar-refractivity contribution in [3.8, 4) is 5.75 Å². The Balaban J connectivity index is 1.52. The van der Waals surface area contributed by atoms with Crippen LogP contribution >= 0.6 is 0 Å². The molecule has 1 saturated heterocycles. The average molecular weight is 246 g/mol. The third-order valence-electron chi connectivity index (χ3n) is 4.07. The van der Waals surface area contributed by atoms with Gasteiger partial charge in [0.05, 0.1) is 0 Å². The van der Waals surface area contributed by atoms with Gasteiger partial charge in [0, 0.05) is 32.2 Å². The molecular weight excluding hydrogens is 224 g/mol. The number of nitrogens with one attached hydrogen (secondary N) is 1. The predicted octanol–water partition coefficient (Wildman–Crippen LogP) is 1.89. The normalized spacial score (nSPS) is 29.3. The third-order valence-corrected chi connectivity index (χ3v) is 4.07. The maximum atomic E-state index is 6.05. The smallest absolute Gasteiger partial charge is 0.119 e. The van der Waals surface area contributed by atoms with Crippen molar-refractivity contribution in [1.82, 2.24) is 10.2 Å². The molecule has 2 atom stereocenters.